The highest BCUT2D eigenvalue weighted by Gasteiger charge is 2.20. The molecule has 4 heteroatoms. The van der Waals surface area contributed by atoms with Gasteiger partial charge in [-0.3, -0.25) is 4.79 Å². The maximum absolute atomic E-state index is 12.4. The number of hydrogen-bond acceptors (Lipinski definition) is 3. The van der Waals surface area contributed by atoms with Crippen molar-refractivity contribution in [3.05, 3.63) is 48.6 Å². The van der Waals surface area contributed by atoms with Gasteiger partial charge in [-0.1, -0.05) is 210 Å². The second kappa shape index (κ2) is 41.8. The molecule has 3 N–H and O–H groups in total. The molecule has 4 nitrogen and oxygen atoms in total. The van der Waals surface area contributed by atoms with Gasteiger partial charge < -0.3 is 15.5 Å². The SMILES string of the molecule is CC/C=C\C/C=C\C/C=C\C/C=C\CCCCCCCCCCCCC(=O)NC(CO)C(O)CCCCCCCCCCCCCCCCC. The number of aliphatic hydroxyl groups excluding tert-OH is 2. The lowest BCUT2D eigenvalue weighted by Gasteiger charge is -2.22. The predicted octanol–water partition coefficient (Wildman–Crippen LogP) is 13.6. The molecule has 0 aliphatic heterocycles. The highest BCUT2D eigenvalue weighted by atomic mass is 16.3. The van der Waals surface area contributed by atoms with E-state index >= 15 is 0 Å². The van der Waals surface area contributed by atoms with E-state index in [1.54, 1.807) is 0 Å². The van der Waals surface area contributed by atoms with E-state index in [4.69, 9.17) is 0 Å². The molecule has 0 rings (SSSR count). The Bertz CT molecular complexity index is 801. The van der Waals surface area contributed by atoms with Gasteiger partial charge in [0.1, 0.15) is 0 Å². The van der Waals surface area contributed by atoms with E-state index in [0.717, 1.165) is 51.4 Å². The molecular formula is C46H85NO3. The maximum Gasteiger partial charge on any atom is 0.220 e. The fourth-order valence-electron chi connectivity index (χ4n) is 6.53. The lowest BCUT2D eigenvalue weighted by Crippen LogP contribution is -2.45. The highest BCUT2D eigenvalue weighted by Crippen LogP contribution is 2.16. The quantitative estimate of drug-likeness (QED) is 0.0442. The Morgan fingerprint density at radius 1 is 0.500 bits per heavy atom. The molecule has 0 aromatic heterocycles. The summed E-state index contributed by atoms with van der Waals surface area (Å²) in [6, 6.07) is -0.539. The fraction of sp³-hybridized carbons (Fsp3) is 0.804. The number of rotatable bonds is 39. The van der Waals surface area contributed by atoms with Gasteiger partial charge >= 0.3 is 0 Å². The largest absolute Gasteiger partial charge is 0.394 e. The number of carbonyl (C=O) groups is 1. The van der Waals surface area contributed by atoms with E-state index in [-0.39, 0.29) is 12.5 Å². The van der Waals surface area contributed by atoms with Gasteiger partial charge in [0.2, 0.25) is 5.91 Å². The van der Waals surface area contributed by atoms with Crippen LogP contribution in [0, 0.1) is 0 Å². The number of amides is 1. The number of nitrogens with one attached hydrogen (secondary N) is 1. The third-order valence-electron chi connectivity index (χ3n) is 9.85. The lowest BCUT2D eigenvalue weighted by molar-refractivity contribution is -0.123. The van der Waals surface area contributed by atoms with Crippen molar-refractivity contribution < 1.29 is 15.0 Å². The van der Waals surface area contributed by atoms with Crippen molar-refractivity contribution in [3.8, 4) is 0 Å². The van der Waals surface area contributed by atoms with Crippen LogP contribution in [0.4, 0.5) is 0 Å². The van der Waals surface area contributed by atoms with Crippen LogP contribution in [0.15, 0.2) is 48.6 Å². The van der Waals surface area contributed by atoms with Crippen LogP contribution in [0.5, 0.6) is 0 Å². The van der Waals surface area contributed by atoms with Gasteiger partial charge in [0.15, 0.2) is 0 Å². The van der Waals surface area contributed by atoms with Crippen LogP contribution in [0.3, 0.4) is 0 Å². The third kappa shape index (κ3) is 37.6. The molecule has 2 atom stereocenters. The predicted molar refractivity (Wildman–Crippen MR) is 221 cm³/mol. The molecule has 1 amide bonds. The van der Waals surface area contributed by atoms with Crippen molar-refractivity contribution >= 4 is 5.91 Å². The number of unbranched alkanes of at least 4 members (excludes halogenated alkanes) is 24. The molecular weight excluding hydrogens is 615 g/mol. The molecule has 0 aliphatic rings. The van der Waals surface area contributed by atoms with Gasteiger partial charge in [-0.2, -0.15) is 0 Å². The van der Waals surface area contributed by atoms with E-state index in [2.05, 4.69) is 67.8 Å². The first-order valence-corrected chi connectivity index (χ1v) is 21.8. The van der Waals surface area contributed by atoms with Crippen molar-refractivity contribution in [1.82, 2.24) is 5.32 Å². The molecule has 0 spiro atoms. The first-order chi connectivity index (χ1) is 24.7. The number of carbonyl (C=O) groups excluding carboxylic acids is 1. The van der Waals surface area contributed by atoms with Crippen molar-refractivity contribution in [1.29, 1.82) is 0 Å². The molecule has 2 unspecified atom stereocenters. The maximum atomic E-state index is 12.4. The molecule has 0 fully saturated rings. The Kier molecular flexibility index (Phi) is 40.4. The van der Waals surface area contributed by atoms with Crippen LogP contribution in [0.2, 0.25) is 0 Å². The molecule has 0 aliphatic carbocycles. The van der Waals surface area contributed by atoms with Crippen LogP contribution >= 0.6 is 0 Å². The third-order valence-corrected chi connectivity index (χ3v) is 9.85. The summed E-state index contributed by atoms with van der Waals surface area (Å²) >= 11 is 0. The van der Waals surface area contributed by atoms with E-state index in [1.807, 2.05) is 0 Å². The van der Waals surface area contributed by atoms with Crippen molar-refractivity contribution in [2.75, 3.05) is 6.61 Å². The summed E-state index contributed by atoms with van der Waals surface area (Å²) in [5.74, 6) is -0.0372. The molecule has 0 aromatic carbocycles. The molecule has 0 saturated carbocycles. The fourth-order valence-corrected chi connectivity index (χ4v) is 6.53. The van der Waals surface area contributed by atoms with E-state index in [9.17, 15) is 15.0 Å². The lowest BCUT2D eigenvalue weighted by atomic mass is 10.0. The Hall–Kier alpha value is -1.65. The number of allylic oxidation sites excluding steroid dienone is 8. The molecule has 50 heavy (non-hydrogen) atoms. The Balaban J connectivity index is 3.54. The zero-order valence-corrected chi connectivity index (χ0v) is 33.4. The zero-order valence-electron chi connectivity index (χ0n) is 33.4. The van der Waals surface area contributed by atoms with Crippen LogP contribution < -0.4 is 5.32 Å². The Morgan fingerprint density at radius 2 is 0.880 bits per heavy atom. The summed E-state index contributed by atoms with van der Waals surface area (Å²) in [6.07, 6.45) is 56.1. The standard InChI is InChI=1S/C46H85NO3/c1-3-5-7-9-11-13-15-17-19-20-21-22-23-24-25-26-28-30-32-34-36-38-40-42-46(50)47-44(43-48)45(49)41-39-37-35-33-31-29-27-18-16-14-12-10-8-6-4-2/h5,7,11,13,17,19,21-22,44-45,48-49H,3-4,6,8-10,12,14-16,18,20,23-43H2,1-2H3,(H,47,50)/b7-5-,13-11-,19-17-,22-21-. The van der Waals surface area contributed by atoms with Crippen LogP contribution in [-0.2, 0) is 4.79 Å². The summed E-state index contributed by atoms with van der Waals surface area (Å²) in [5, 5.41) is 23.2. The van der Waals surface area contributed by atoms with Gasteiger partial charge in [0, 0.05) is 6.42 Å². The van der Waals surface area contributed by atoms with Crippen LogP contribution in [0.1, 0.15) is 219 Å². The smallest absolute Gasteiger partial charge is 0.220 e. The summed E-state index contributed by atoms with van der Waals surface area (Å²) in [5.41, 5.74) is 0. The minimum absolute atomic E-state index is 0.0372. The Morgan fingerprint density at radius 3 is 1.32 bits per heavy atom. The summed E-state index contributed by atoms with van der Waals surface area (Å²) < 4.78 is 0. The van der Waals surface area contributed by atoms with Crippen molar-refractivity contribution in [2.24, 2.45) is 0 Å². The molecule has 0 aromatic rings. The minimum atomic E-state index is -0.661. The Labute approximate surface area is 312 Å². The second-order valence-electron chi connectivity index (χ2n) is 14.7. The van der Waals surface area contributed by atoms with Crippen molar-refractivity contribution in [2.45, 2.75) is 231 Å². The average Bonchev–Trinajstić information content (AvgIpc) is 3.12. The highest BCUT2D eigenvalue weighted by molar-refractivity contribution is 5.76. The van der Waals surface area contributed by atoms with E-state index in [0.29, 0.717) is 12.8 Å². The summed E-state index contributed by atoms with van der Waals surface area (Å²) in [6.45, 7) is 4.25. The van der Waals surface area contributed by atoms with Gasteiger partial charge in [0.05, 0.1) is 18.8 Å². The topological polar surface area (TPSA) is 69.6 Å². The van der Waals surface area contributed by atoms with E-state index in [1.165, 1.54) is 141 Å². The molecule has 0 bridgehead atoms. The van der Waals surface area contributed by atoms with Crippen molar-refractivity contribution in [3.63, 3.8) is 0 Å². The molecule has 292 valence electrons. The van der Waals surface area contributed by atoms with E-state index < -0.39 is 12.1 Å². The van der Waals surface area contributed by atoms with Gasteiger partial charge in [-0.05, 0) is 51.4 Å². The number of aliphatic hydroxyl groups is 2. The molecule has 0 radical (unpaired) electrons. The zero-order chi connectivity index (χ0) is 36.4. The van der Waals surface area contributed by atoms with Gasteiger partial charge in [-0.15, -0.1) is 0 Å². The molecule has 0 heterocycles. The van der Waals surface area contributed by atoms with Crippen LogP contribution in [0.25, 0.3) is 0 Å². The summed E-state index contributed by atoms with van der Waals surface area (Å²) in [4.78, 5) is 12.4. The van der Waals surface area contributed by atoms with Crippen LogP contribution in [-0.4, -0.2) is 34.9 Å². The molecule has 0 saturated heterocycles. The normalized spacial score (nSPS) is 13.4. The monoisotopic (exact) mass is 700 g/mol. The second-order valence-corrected chi connectivity index (χ2v) is 14.7. The minimum Gasteiger partial charge on any atom is -0.394 e. The van der Waals surface area contributed by atoms with Gasteiger partial charge in [0.25, 0.3) is 0 Å². The van der Waals surface area contributed by atoms with Gasteiger partial charge in [-0.25, -0.2) is 0 Å². The first-order valence-electron chi connectivity index (χ1n) is 21.8. The average molecular weight is 700 g/mol. The number of hydrogen-bond donors (Lipinski definition) is 3. The first kappa shape index (κ1) is 48.3. The summed E-state index contributed by atoms with van der Waals surface area (Å²) in [7, 11) is 0.